The second kappa shape index (κ2) is 1.70. The standard InChI is InChI=1S/C7H11F2N/c1-10-3-2-5-6(4-10)7(5,8)9/h5-6H,2-4H2,1H3/t5-,6+/m0/s1. The lowest BCUT2D eigenvalue weighted by Gasteiger charge is -2.18. The van der Waals surface area contributed by atoms with Gasteiger partial charge in [0.15, 0.2) is 0 Å². The second-order valence-corrected chi connectivity index (χ2v) is 3.44. The van der Waals surface area contributed by atoms with Gasteiger partial charge >= 0.3 is 0 Å². The summed E-state index contributed by atoms with van der Waals surface area (Å²) >= 11 is 0. The fourth-order valence-corrected chi connectivity index (χ4v) is 1.89. The molecule has 1 aliphatic carbocycles. The minimum Gasteiger partial charge on any atom is -0.306 e. The van der Waals surface area contributed by atoms with E-state index in [0.717, 1.165) is 6.54 Å². The van der Waals surface area contributed by atoms with Gasteiger partial charge in [-0.05, 0) is 20.0 Å². The van der Waals surface area contributed by atoms with Crippen LogP contribution in [0.2, 0.25) is 0 Å². The topological polar surface area (TPSA) is 3.24 Å². The van der Waals surface area contributed by atoms with Crippen molar-refractivity contribution in [2.75, 3.05) is 20.1 Å². The summed E-state index contributed by atoms with van der Waals surface area (Å²) in [6, 6.07) is 0. The maximum Gasteiger partial charge on any atom is 0.255 e. The average Bonchev–Trinajstić information content (AvgIpc) is 2.36. The fourth-order valence-electron chi connectivity index (χ4n) is 1.89. The average molecular weight is 147 g/mol. The van der Waals surface area contributed by atoms with Gasteiger partial charge in [0, 0.05) is 18.4 Å². The zero-order valence-electron chi connectivity index (χ0n) is 5.98. The first-order valence-electron chi connectivity index (χ1n) is 3.68. The SMILES string of the molecule is CN1CC[C@H]2[C@@H](C1)C2(F)F. The second-order valence-electron chi connectivity index (χ2n) is 3.44. The molecule has 0 aromatic heterocycles. The number of rotatable bonds is 0. The van der Waals surface area contributed by atoms with Crippen molar-refractivity contribution in [1.29, 1.82) is 0 Å². The van der Waals surface area contributed by atoms with Crippen LogP contribution in [0, 0.1) is 11.8 Å². The number of piperidine rings is 1. The summed E-state index contributed by atoms with van der Waals surface area (Å²) in [4.78, 5) is 1.99. The van der Waals surface area contributed by atoms with Gasteiger partial charge in [-0.25, -0.2) is 8.78 Å². The smallest absolute Gasteiger partial charge is 0.255 e. The molecule has 0 spiro atoms. The first-order chi connectivity index (χ1) is 4.62. The predicted molar refractivity (Wildman–Crippen MR) is 34.0 cm³/mol. The van der Waals surface area contributed by atoms with Crippen molar-refractivity contribution in [3.05, 3.63) is 0 Å². The van der Waals surface area contributed by atoms with Crippen molar-refractivity contribution < 1.29 is 8.78 Å². The maximum absolute atomic E-state index is 12.6. The summed E-state index contributed by atoms with van der Waals surface area (Å²) in [5.41, 5.74) is 0. The molecule has 2 rings (SSSR count). The minimum absolute atomic E-state index is 0.274. The molecule has 1 heterocycles. The number of likely N-dealkylation sites (tertiary alicyclic amines) is 1. The molecule has 2 atom stereocenters. The van der Waals surface area contributed by atoms with Crippen LogP contribution in [0.3, 0.4) is 0 Å². The Labute approximate surface area is 59.0 Å². The van der Waals surface area contributed by atoms with Crippen molar-refractivity contribution in [2.24, 2.45) is 11.8 Å². The van der Waals surface area contributed by atoms with Gasteiger partial charge in [0.25, 0.3) is 5.92 Å². The third kappa shape index (κ3) is 0.698. The number of alkyl halides is 2. The Hall–Kier alpha value is -0.180. The van der Waals surface area contributed by atoms with E-state index >= 15 is 0 Å². The molecule has 0 unspecified atom stereocenters. The number of halogens is 2. The monoisotopic (exact) mass is 147 g/mol. The van der Waals surface area contributed by atoms with E-state index in [1.165, 1.54) is 0 Å². The molecule has 0 amide bonds. The molecule has 3 heteroatoms. The largest absolute Gasteiger partial charge is 0.306 e. The van der Waals surface area contributed by atoms with Gasteiger partial charge in [0.1, 0.15) is 0 Å². The molecule has 58 valence electrons. The summed E-state index contributed by atoms with van der Waals surface area (Å²) in [7, 11) is 1.91. The Morgan fingerprint density at radius 1 is 1.40 bits per heavy atom. The highest BCUT2D eigenvalue weighted by Crippen LogP contribution is 2.58. The minimum atomic E-state index is -2.31. The van der Waals surface area contributed by atoms with Crippen molar-refractivity contribution >= 4 is 0 Å². The molecule has 1 saturated carbocycles. The summed E-state index contributed by atoms with van der Waals surface area (Å²) < 4.78 is 25.3. The highest BCUT2D eigenvalue weighted by atomic mass is 19.3. The molecule has 2 fully saturated rings. The fraction of sp³-hybridized carbons (Fsp3) is 1.00. The molecule has 10 heavy (non-hydrogen) atoms. The van der Waals surface area contributed by atoms with Gasteiger partial charge in [-0.1, -0.05) is 0 Å². The zero-order chi connectivity index (χ0) is 7.35. The highest BCUT2D eigenvalue weighted by Gasteiger charge is 2.68. The van der Waals surface area contributed by atoms with Gasteiger partial charge < -0.3 is 4.90 Å². The summed E-state index contributed by atoms with van der Waals surface area (Å²) in [6.07, 6.45) is 0.689. The molecule has 2 aliphatic rings. The predicted octanol–water partition coefficient (Wildman–Crippen LogP) is 1.20. The number of fused-ring (bicyclic) bond motifs is 1. The Kier molecular flexibility index (Phi) is 1.11. The summed E-state index contributed by atoms with van der Waals surface area (Å²) in [6.45, 7) is 1.44. The molecular formula is C7H11F2N. The first-order valence-corrected chi connectivity index (χ1v) is 3.68. The third-order valence-corrected chi connectivity index (χ3v) is 2.70. The van der Waals surface area contributed by atoms with E-state index in [9.17, 15) is 8.78 Å². The Morgan fingerprint density at radius 2 is 2.10 bits per heavy atom. The first kappa shape index (κ1) is 6.53. The van der Waals surface area contributed by atoms with E-state index in [0.29, 0.717) is 13.0 Å². The third-order valence-electron chi connectivity index (χ3n) is 2.70. The lowest BCUT2D eigenvalue weighted by molar-refractivity contribution is 0.0853. The Morgan fingerprint density at radius 3 is 2.60 bits per heavy atom. The molecule has 0 aromatic carbocycles. The molecule has 0 N–H and O–H groups in total. The normalized spacial score (nSPS) is 44.7. The van der Waals surface area contributed by atoms with Gasteiger partial charge in [0.05, 0.1) is 0 Å². The van der Waals surface area contributed by atoms with Crippen LogP contribution in [0.25, 0.3) is 0 Å². The van der Waals surface area contributed by atoms with Crippen molar-refractivity contribution in [2.45, 2.75) is 12.3 Å². The van der Waals surface area contributed by atoms with Gasteiger partial charge in [-0.3, -0.25) is 0 Å². The molecule has 1 saturated heterocycles. The molecule has 1 aliphatic heterocycles. The summed E-state index contributed by atoms with van der Waals surface area (Å²) in [5, 5.41) is 0. The highest BCUT2D eigenvalue weighted by molar-refractivity contribution is 5.08. The maximum atomic E-state index is 12.6. The van der Waals surface area contributed by atoms with Crippen molar-refractivity contribution in [1.82, 2.24) is 4.90 Å². The number of nitrogens with zero attached hydrogens (tertiary/aromatic N) is 1. The van der Waals surface area contributed by atoms with E-state index < -0.39 is 5.92 Å². The number of hydrogen-bond acceptors (Lipinski definition) is 1. The number of hydrogen-bond donors (Lipinski definition) is 0. The Balaban J connectivity index is 2.04. The molecule has 0 radical (unpaired) electrons. The lowest BCUT2D eigenvalue weighted by Crippen LogP contribution is -2.27. The van der Waals surface area contributed by atoms with E-state index in [1.807, 2.05) is 11.9 Å². The van der Waals surface area contributed by atoms with Crippen LogP contribution in [-0.4, -0.2) is 31.0 Å². The van der Waals surface area contributed by atoms with Crippen LogP contribution >= 0.6 is 0 Å². The van der Waals surface area contributed by atoms with Gasteiger partial charge in [0.2, 0.25) is 0 Å². The van der Waals surface area contributed by atoms with E-state index in [-0.39, 0.29) is 11.8 Å². The van der Waals surface area contributed by atoms with Crippen LogP contribution in [0.4, 0.5) is 8.78 Å². The summed E-state index contributed by atoms with van der Waals surface area (Å²) in [5.74, 6) is -2.90. The van der Waals surface area contributed by atoms with Crippen molar-refractivity contribution in [3.63, 3.8) is 0 Å². The van der Waals surface area contributed by atoms with E-state index in [4.69, 9.17) is 0 Å². The Bertz CT molecular complexity index is 158. The van der Waals surface area contributed by atoms with Crippen LogP contribution in [0.15, 0.2) is 0 Å². The molecule has 0 aromatic rings. The van der Waals surface area contributed by atoms with E-state index in [1.54, 1.807) is 0 Å². The van der Waals surface area contributed by atoms with Crippen LogP contribution in [0.1, 0.15) is 6.42 Å². The zero-order valence-corrected chi connectivity index (χ0v) is 5.98. The van der Waals surface area contributed by atoms with Gasteiger partial charge in [-0.2, -0.15) is 0 Å². The molecule has 0 bridgehead atoms. The van der Waals surface area contributed by atoms with Crippen molar-refractivity contribution in [3.8, 4) is 0 Å². The lowest BCUT2D eigenvalue weighted by atomic mass is 10.1. The molecule has 1 nitrogen and oxygen atoms in total. The molecular weight excluding hydrogens is 136 g/mol. The van der Waals surface area contributed by atoms with Crippen LogP contribution in [0.5, 0.6) is 0 Å². The van der Waals surface area contributed by atoms with Crippen LogP contribution < -0.4 is 0 Å². The van der Waals surface area contributed by atoms with Crippen LogP contribution in [-0.2, 0) is 0 Å². The van der Waals surface area contributed by atoms with E-state index in [2.05, 4.69) is 0 Å². The quantitative estimate of drug-likeness (QED) is 0.497. The van der Waals surface area contributed by atoms with Gasteiger partial charge in [-0.15, -0.1) is 0 Å².